The molecule has 0 spiro atoms. The third kappa shape index (κ3) is 5.35. The van der Waals surface area contributed by atoms with Gasteiger partial charge < -0.3 is 9.84 Å². The minimum atomic E-state index is -0.951. The molecule has 2 aromatic carbocycles. The highest BCUT2D eigenvalue weighted by atomic mass is 16.5. The predicted molar refractivity (Wildman–Crippen MR) is 101 cm³/mol. The highest BCUT2D eigenvalue weighted by Crippen LogP contribution is 2.25. The van der Waals surface area contributed by atoms with E-state index < -0.39 is 12.1 Å². The average molecular weight is 340 g/mol. The Bertz CT molecular complexity index is 692. The lowest BCUT2D eigenvalue weighted by Crippen LogP contribution is -2.29. The van der Waals surface area contributed by atoms with Crippen LogP contribution < -0.4 is 4.74 Å². The van der Waals surface area contributed by atoms with Gasteiger partial charge in [-0.2, -0.15) is 0 Å². The smallest absolute Gasteiger partial charge is 0.345 e. The standard InChI is InChI=1S/C22H28O3/c1-15(2)17-8-6-16(7-9-17)14-20(21(23)24)25-19-12-10-18(11-13-19)22(3,4)5/h6-13,15,20H,14H2,1-5H3,(H,23,24)/t20-/m1/s1. The number of carbonyl (C=O) groups is 1. The minimum absolute atomic E-state index is 0.0584. The Labute approximate surface area is 150 Å². The third-order valence-corrected chi connectivity index (χ3v) is 4.34. The molecule has 2 rings (SSSR count). The van der Waals surface area contributed by atoms with E-state index in [4.69, 9.17) is 4.74 Å². The van der Waals surface area contributed by atoms with Crippen molar-refractivity contribution in [2.45, 2.75) is 58.5 Å². The number of ether oxygens (including phenoxy) is 1. The van der Waals surface area contributed by atoms with E-state index in [1.54, 1.807) is 0 Å². The molecule has 0 aliphatic rings. The zero-order valence-electron chi connectivity index (χ0n) is 15.7. The van der Waals surface area contributed by atoms with E-state index in [2.05, 4.69) is 46.8 Å². The van der Waals surface area contributed by atoms with Gasteiger partial charge in [-0.1, -0.05) is 71.0 Å². The lowest BCUT2D eigenvalue weighted by atomic mass is 9.87. The summed E-state index contributed by atoms with van der Waals surface area (Å²) in [4.78, 5) is 11.6. The number of carboxylic acid groups (broad SMARTS) is 1. The van der Waals surface area contributed by atoms with Crippen molar-refractivity contribution in [3.63, 3.8) is 0 Å². The first-order chi connectivity index (χ1) is 11.7. The number of rotatable bonds is 6. The fraction of sp³-hybridized carbons (Fsp3) is 0.409. The van der Waals surface area contributed by atoms with Gasteiger partial charge in [0.2, 0.25) is 0 Å². The van der Waals surface area contributed by atoms with E-state index in [0.29, 0.717) is 18.1 Å². The molecule has 0 bridgehead atoms. The summed E-state index contributed by atoms with van der Waals surface area (Å²) in [5, 5.41) is 9.50. The molecule has 0 amide bonds. The zero-order valence-corrected chi connectivity index (χ0v) is 15.7. The topological polar surface area (TPSA) is 46.5 Å². The summed E-state index contributed by atoms with van der Waals surface area (Å²) < 4.78 is 5.73. The highest BCUT2D eigenvalue weighted by Gasteiger charge is 2.21. The van der Waals surface area contributed by atoms with Crippen molar-refractivity contribution < 1.29 is 14.6 Å². The molecule has 1 atom stereocenters. The number of hydrogen-bond donors (Lipinski definition) is 1. The number of hydrogen-bond acceptors (Lipinski definition) is 2. The first-order valence-corrected chi connectivity index (χ1v) is 8.75. The molecule has 0 heterocycles. The second-order valence-electron chi connectivity index (χ2n) is 7.82. The maximum absolute atomic E-state index is 11.6. The first-order valence-electron chi connectivity index (χ1n) is 8.75. The zero-order chi connectivity index (χ0) is 18.6. The Morgan fingerprint density at radius 3 is 2.00 bits per heavy atom. The maximum atomic E-state index is 11.6. The molecular formula is C22H28O3. The van der Waals surface area contributed by atoms with Crippen LogP contribution in [-0.4, -0.2) is 17.2 Å². The Kier molecular flexibility index (Phi) is 5.89. The summed E-state index contributed by atoms with van der Waals surface area (Å²) in [7, 11) is 0. The van der Waals surface area contributed by atoms with Gasteiger partial charge in [0.05, 0.1) is 0 Å². The Balaban J connectivity index is 2.09. The molecule has 134 valence electrons. The van der Waals surface area contributed by atoms with Gasteiger partial charge >= 0.3 is 5.97 Å². The van der Waals surface area contributed by atoms with Crippen LogP contribution in [0.5, 0.6) is 5.75 Å². The fourth-order valence-corrected chi connectivity index (χ4v) is 2.63. The van der Waals surface area contributed by atoms with Gasteiger partial charge in [-0.05, 0) is 40.2 Å². The van der Waals surface area contributed by atoms with Crippen LogP contribution in [-0.2, 0) is 16.6 Å². The molecule has 2 aromatic rings. The highest BCUT2D eigenvalue weighted by molar-refractivity contribution is 5.73. The van der Waals surface area contributed by atoms with Crippen molar-refractivity contribution >= 4 is 5.97 Å². The van der Waals surface area contributed by atoms with Crippen molar-refractivity contribution in [1.29, 1.82) is 0 Å². The monoisotopic (exact) mass is 340 g/mol. The predicted octanol–water partition coefficient (Wildman–Crippen LogP) is 5.18. The van der Waals surface area contributed by atoms with E-state index in [0.717, 1.165) is 5.56 Å². The number of carboxylic acids is 1. The first kappa shape index (κ1) is 19.0. The molecule has 0 radical (unpaired) electrons. The van der Waals surface area contributed by atoms with Crippen LogP contribution in [0.15, 0.2) is 48.5 Å². The molecule has 1 N–H and O–H groups in total. The minimum Gasteiger partial charge on any atom is -0.478 e. The van der Waals surface area contributed by atoms with Crippen molar-refractivity contribution in [3.05, 3.63) is 65.2 Å². The Morgan fingerprint density at radius 2 is 1.56 bits per heavy atom. The van der Waals surface area contributed by atoms with Gasteiger partial charge in [-0.25, -0.2) is 4.79 Å². The van der Waals surface area contributed by atoms with Gasteiger partial charge in [0, 0.05) is 6.42 Å². The molecule has 0 unspecified atom stereocenters. The van der Waals surface area contributed by atoms with Gasteiger partial charge in [0.25, 0.3) is 0 Å². The summed E-state index contributed by atoms with van der Waals surface area (Å²) >= 11 is 0. The molecule has 25 heavy (non-hydrogen) atoms. The molecular weight excluding hydrogens is 312 g/mol. The van der Waals surface area contributed by atoms with Gasteiger partial charge in [0.15, 0.2) is 6.10 Å². The number of aliphatic carboxylic acids is 1. The normalized spacial score (nSPS) is 12.9. The number of benzene rings is 2. The molecule has 0 aliphatic carbocycles. The molecule has 3 nitrogen and oxygen atoms in total. The molecule has 3 heteroatoms. The van der Waals surface area contributed by atoms with Crippen LogP contribution in [0.4, 0.5) is 0 Å². The van der Waals surface area contributed by atoms with E-state index in [1.165, 1.54) is 11.1 Å². The molecule has 0 saturated heterocycles. The Hall–Kier alpha value is -2.29. The van der Waals surface area contributed by atoms with Crippen LogP contribution in [0.1, 0.15) is 57.2 Å². The van der Waals surface area contributed by atoms with Crippen LogP contribution in [0.25, 0.3) is 0 Å². The van der Waals surface area contributed by atoms with E-state index in [-0.39, 0.29) is 5.41 Å². The van der Waals surface area contributed by atoms with Gasteiger partial charge in [-0.3, -0.25) is 0 Å². The lowest BCUT2D eigenvalue weighted by Gasteiger charge is -2.20. The van der Waals surface area contributed by atoms with E-state index in [9.17, 15) is 9.90 Å². The van der Waals surface area contributed by atoms with Gasteiger partial charge in [-0.15, -0.1) is 0 Å². The molecule has 0 fully saturated rings. The quantitative estimate of drug-likeness (QED) is 0.788. The largest absolute Gasteiger partial charge is 0.478 e. The SMILES string of the molecule is CC(C)c1ccc(C[C@@H](Oc2ccc(C(C)(C)C)cc2)C(=O)O)cc1. The van der Waals surface area contributed by atoms with Crippen LogP contribution in [0.3, 0.4) is 0 Å². The second-order valence-corrected chi connectivity index (χ2v) is 7.82. The molecule has 0 aromatic heterocycles. The van der Waals surface area contributed by atoms with Crippen molar-refractivity contribution in [2.75, 3.05) is 0 Å². The summed E-state index contributed by atoms with van der Waals surface area (Å²) in [6, 6.07) is 15.7. The van der Waals surface area contributed by atoms with Crippen LogP contribution in [0, 0.1) is 0 Å². The average Bonchev–Trinajstić information content (AvgIpc) is 2.54. The van der Waals surface area contributed by atoms with Crippen molar-refractivity contribution in [3.8, 4) is 5.75 Å². The van der Waals surface area contributed by atoms with Gasteiger partial charge in [0.1, 0.15) is 5.75 Å². The third-order valence-electron chi connectivity index (χ3n) is 4.34. The van der Waals surface area contributed by atoms with Crippen molar-refractivity contribution in [2.24, 2.45) is 0 Å². The summed E-state index contributed by atoms with van der Waals surface area (Å²) in [6.45, 7) is 10.7. The van der Waals surface area contributed by atoms with Crippen molar-refractivity contribution in [1.82, 2.24) is 0 Å². The summed E-state index contributed by atoms with van der Waals surface area (Å²) in [5.41, 5.74) is 3.46. The Morgan fingerprint density at radius 1 is 1.00 bits per heavy atom. The van der Waals surface area contributed by atoms with Crippen LogP contribution >= 0.6 is 0 Å². The maximum Gasteiger partial charge on any atom is 0.345 e. The van der Waals surface area contributed by atoms with Crippen LogP contribution in [0.2, 0.25) is 0 Å². The molecule has 0 aliphatic heterocycles. The molecule has 0 saturated carbocycles. The second kappa shape index (κ2) is 7.73. The van der Waals surface area contributed by atoms with E-state index in [1.807, 2.05) is 36.4 Å². The lowest BCUT2D eigenvalue weighted by molar-refractivity contribution is -0.145. The van der Waals surface area contributed by atoms with E-state index >= 15 is 0 Å². The fourth-order valence-electron chi connectivity index (χ4n) is 2.63. The summed E-state index contributed by atoms with van der Waals surface area (Å²) in [6.07, 6.45) is -0.556. The summed E-state index contributed by atoms with van der Waals surface area (Å²) in [5.74, 6) is 0.0916.